The quantitative estimate of drug-likeness (QED) is 0.803. The number of ether oxygens (including phenoxy) is 3. The van der Waals surface area contributed by atoms with Crippen molar-refractivity contribution in [3.63, 3.8) is 0 Å². The summed E-state index contributed by atoms with van der Waals surface area (Å²) in [5.74, 6) is 1.05. The summed E-state index contributed by atoms with van der Waals surface area (Å²) in [7, 11) is 3.15. The first kappa shape index (κ1) is 14.6. The average molecular weight is 340 g/mol. The topological polar surface area (TPSA) is 57.7 Å². The van der Waals surface area contributed by atoms with Gasteiger partial charge in [-0.15, -0.1) is 0 Å². The van der Waals surface area contributed by atoms with Crippen LogP contribution in [0.25, 0.3) is 10.8 Å². The zero-order valence-electron chi connectivity index (χ0n) is 11.6. The Morgan fingerprint density at radius 3 is 2.20 bits per heavy atom. The van der Waals surface area contributed by atoms with Gasteiger partial charge in [0.1, 0.15) is 0 Å². The molecule has 1 aromatic heterocycles. The van der Waals surface area contributed by atoms with Gasteiger partial charge in [0.05, 0.1) is 18.7 Å². The SMILES string of the molecule is COc1cc2c(C)nc(OC(C)=O)c(Br)c2cc1OC. The third-order valence-electron chi connectivity index (χ3n) is 2.85. The van der Waals surface area contributed by atoms with Gasteiger partial charge in [0, 0.05) is 23.4 Å². The van der Waals surface area contributed by atoms with Crippen LogP contribution in [0.5, 0.6) is 17.4 Å². The van der Waals surface area contributed by atoms with Crippen LogP contribution in [0, 0.1) is 6.92 Å². The van der Waals surface area contributed by atoms with Crippen LogP contribution in [0.4, 0.5) is 0 Å². The Morgan fingerprint density at radius 1 is 1.15 bits per heavy atom. The molecule has 6 heteroatoms. The van der Waals surface area contributed by atoms with Crippen molar-refractivity contribution in [3.05, 3.63) is 22.3 Å². The number of hydrogen-bond acceptors (Lipinski definition) is 5. The fraction of sp³-hybridized carbons (Fsp3) is 0.286. The second-order valence-electron chi connectivity index (χ2n) is 4.16. The van der Waals surface area contributed by atoms with E-state index in [4.69, 9.17) is 14.2 Å². The molecule has 0 N–H and O–H groups in total. The van der Waals surface area contributed by atoms with Crippen LogP contribution in [0.3, 0.4) is 0 Å². The first-order chi connectivity index (χ1) is 9.47. The molecule has 0 unspecified atom stereocenters. The summed E-state index contributed by atoms with van der Waals surface area (Å²) in [6.07, 6.45) is 0. The van der Waals surface area contributed by atoms with E-state index in [2.05, 4.69) is 20.9 Å². The van der Waals surface area contributed by atoms with E-state index in [1.807, 2.05) is 19.1 Å². The van der Waals surface area contributed by atoms with Gasteiger partial charge in [-0.2, -0.15) is 0 Å². The van der Waals surface area contributed by atoms with Crippen molar-refractivity contribution >= 4 is 32.7 Å². The molecule has 2 aromatic rings. The van der Waals surface area contributed by atoms with E-state index in [1.165, 1.54) is 6.92 Å². The molecule has 106 valence electrons. The number of fused-ring (bicyclic) bond motifs is 1. The number of nitrogens with zero attached hydrogens (tertiary/aromatic N) is 1. The summed E-state index contributed by atoms with van der Waals surface area (Å²) in [6.45, 7) is 3.18. The van der Waals surface area contributed by atoms with E-state index in [0.717, 1.165) is 16.5 Å². The van der Waals surface area contributed by atoms with Gasteiger partial charge >= 0.3 is 5.97 Å². The number of aromatic nitrogens is 1. The van der Waals surface area contributed by atoms with Crippen molar-refractivity contribution < 1.29 is 19.0 Å². The summed E-state index contributed by atoms with van der Waals surface area (Å²) in [4.78, 5) is 15.4. The van der Waals surface area contributed by atoms with Gasteiger partial charge in [-0.05, 0) is 35.0 Å². The third-order valence-corrected chi connectivity index (χ3v) is 3.61. The minimum absolute atomic E-state index is 0.245. The number of benzene rings is 1. The number of esters is 1. The highest BCUT2D eigenvalue weighted by Gasteiger charge is 2.16. The second kappa shape index (κ2) is 5.66. The van der Waals surface area contributed by atoms with Crippen molar-refractivity contribution in [3.8, 4) is 17.4 Å². The van der Waals surface area contributed by atoms with Crippen molar-refractivity contribution in [2.45, 2.75) is 13.8 Å². The summed E-state index contributed by atoms with van der Waals surface area (Å²) in [6, 6.07) is 3.67. The lowest BCUT2D eigenvalue weighted by Gasteiger charge is -2.13. The second-order valence-corrected chi connectivity index (χ2v) is 4.96. The molecule has 0 amide bonds. The molecule has 0 aliphatic carbocycles. The standard InChI is InChI=1S/C14H14BrNO4/c1-7-9-5-11(18-3)12(19-4)6-10(9)13(15)14(16-7)20-8(2)17/h5-6H,1-4H3. The number of methoxy groups -OCH3 is 2. The minimum Gasteiger partial charge on any atom is -0.493 e. The molecule has 0 bridgehead atoms. The van der Waals surface area contributed by atoms with Gasteiger partial charge in [0.25, 0.3) is 0 Å². The maximum Gasteiger partial charge on any atom is 0.309 e. The maximum atomic E-state index is 11.1. The molecule has 20 heavy (non-hydrogen) atoms. The van der Waals surface area contributed by atoms with Crippen LogP contribution in [-0.2, 0) is 4.79 Å². The third kappa shape index (κ3) is 2.56. The normalized spacial score (nSPS) is 10.4. The van der Waals surface area contributed by atoms with E-state index in [9.17, 15) is 4.79 Å². The van der Waals surface area contributed by atoms with E-state index in [1.54, 1.807) is 14.2 Å². The summed E-state index contributed by atoms with van der Waals surface area (Å²) >= 11 is 3.42. The number of halogens is 1. The van der Waals surface area contributed by atoms with Crippen LogP contribution in [0.2, 0.25) is 0 Å². The number of pyridine rings is 1. The lowest BCUT2D eigenvalue weighted by Crippen LogP contribution is -2.05. The molecule has 0 spiro atoms. The van der Waals surface area contributed by atoms with Crippen LogP contribution in [-0.4, -0.2) is 25.2 Å². The molecule has 2 rings (SSSR count). The van der Waals surface area contributed by atoms with Gasteiger partial charge in [-0.25, -0.2) is 4.98 Å². The molecule has 0 fully saturated rings. The first-order valence-electron chi connectivity index (χ1n) is 5.88. The zero-order valence-corrected chi connectivity index (χ0v) is 13.2. The molecular formula is C14H14BrNO4. The number of rotatable bonds is 3. The highest BCUT2D eigenvalue weighted by atomic mass is 79.9. The number of carbonyl (C=O) groups is 1. The number of hydrogen-bond donors (Lipinski definition) is 0. The monoisotopic (exact) mass is 339 g/mol. The highest BCUT2D eigenvalue weighted by molar-refractivity contribution is 9.10. The lowest BCUT2D eigenvalue weighted by atomic mass is 10.1. The van der Waals surface area contributed by atoms with E-state index >= 15 is 0 Å². The van der Waals surface area contributed by atoms with Gasteiger partial charge in [-0.3, -0.25) is 4.79 Å². The Hall–Kier alpha value is -1.82. The fourth-order valence-corrected chi connectivity index (χ4v) is 2.44. The Kier molecular flexibility index (Phi) is 4.13. The predicted octanol–water partition coefficient (Wildman–Crippen LogP) is 3.25. The van der Waals surface area contributed by atoms with Crippen LogP contribution in [0.15, 0.2) is 16.6 Å². The summed E-state index contributed by atoms with van der Waals surface area (Å²) < 4.78 is 16.3. The molecule has 0 saturated heterocycles. The molecule has 1 heterocycles. The molecule has 5 nitrogen and oxygen atoms in total. The van der Waals surface area contributed by atoms with Gasteiger partial charge in [-0.1, -0.05) is 0 Å². The minimum atomic E-state index is -0.419. The Bertz CT molecular complexity index is 685. The van der Waals surface area contributed by atoms with Crippen molar-refractivity contribution in [2.24, 2.45) is 0 Å². The summed E-state index contributed by atoms with van der Waals surface area (Å²) in [5, 5.41) is 1.73. The largest absolute Gasteiger partial charge is 0.493 e. The zero-order chi connectivity index (χ0) is 14.9. The highest BCUT2D eigenvalue weighted by Crippen LogP contribution is 2.39. The maximum absolute atomic E-state index is 11.1. The Morgan fingerprint density at radius 2 is 1.70 bits per heavy atom. The molecule has 0 atom stereocenters. The van der Waals surface area contributed by atoms with Gasteiger partial charge in [0.2, 0.25) is 5.88 Å². The number of carbonyl (C=O) groups excluding carboxylic acids is 1. The molecule has 0 aliphatic rings. The molecule has 0 aliphatic heterocycles. The first-order valence-corrected chi connectivity index (χ1v) is 6.67. The lowest BCUT2D eigenvalue weighted by molar-refractivity contribution is -0.132. The van der Waals surface area contributed by atoms with E-state index in [0.29, 0.717) is 16.0 Å². The van der Waals surface area contributed by atoms with E-state index < -0.39 is 5.97 Å². The van der Waals surface area contributed by atoms with Crippen molar-refractivity contribution in [1.29, 1.82) is 0 Å². The average Bonchev–Trinajstić information content (AvgIpc) is 2.42. The van der Waals surface area contributed by atoms with Crippen molar-refractivity contribution in [1.82, 2.24) is 4.98 Å². The van der Waals surface area contributed by atoms with Gasteiger partial charge in [0.15, 0.2) is 11.5 Å². The molecule has 1 aromatic carbocycles. The summed E-state index contributed by atoms with van der Waals surface area (Å²) in [5.41, 5.74) is 0.736. The molecule has 0 saturated carbocycles. The van der Waals surface area contributed by atoms with Crippen LogP contribution in [0.1, 0.15) is 12.6 Å². The van der Waals surface area contributed by atoms with Gasteiger partial charge < -0.3 is 14.2 Å². The predicted molar refractivity (Wildman–Crippen MR) is 78.6 cm³/mol. The fourth-order valence-electron chi connectivity index (χ4n) is 1.94. The Balaban J connectivity index is 2.75. The van der Waals surface area contributed by atoms with Crippen molar-refractivity contribution in [2.75, 3.05) is 14.2 Å². The molecule has 0 radical (unpaired) electrons. The van der Waals surface area contributed by atoms with E-state index in [-0.39, 0.29) is 5.88 Å². The smallest absolute Gasteiger partial charge is 0.309 e. The number of aryl methyl sites for hydroxylation is 1. The van der Waals surface area contributed by atoms with Crippen LogP contribution < -0.4 is 14.2 Å². The Labute approximate surface area is 125 Å². The molecular weight excluding hydrogens is 326 g/mol. The van der Waals surface area contributed by atoms with Crippen LogP contribution >= 0.6 is 15.9 Å².